The molecule has 1 aliphatic rings. The molecule has 1 aromatic carbocycles. The largest absolute Gasteiger partial charge is 0.489 e. The molecule has 1 heterocycles. The van der Waals surface area contributed by atoms with Gasteiger partial charge in [0.05, 0.1) is 0 Å². The summed E-state index contributed by atoms with van der Waals surface area (Å²) in [6, 6.07) is 11.8. The number of nitrogens with zero attached hydrogens (tertiary/aromatic N) is 2. The van der Waals surface area contributed by atoms with Gasteiger partial charge >= 0.3 is 0 Å². The average Bonchev–Trinajstić information content (AvgIpc) is 2.53. The predicted octanol–water partition coefficient (Wildman–Crippen LogP) is 2.87. The molecule has 1 aliphatic carbocycles. The summed E-state index contributed by atoms with van der Waals surface area (Å²) in [6.07, 6.45) is 4.78. The fourth-order valence-corrected chi connectivity index (χ4v) is 2.77. The highest BCUT2D eigenvalue weighted by atomic mass is 16.5. The molecule has 0 saturated heterocycles. The third kappa shape index (κ3) is 2.88. The number of fused-ring (bicyclic) bond motifs is 1. The maximum absolute atomic E-state index is 8.87. The second kappa shape index (κ2) is 5.94. The van der Waals surface area contributed by atoms with Gasteiger partial charge in [0.25, 0.3) is 0 Å². The Kier molecular flexibility index (Phi) is 3.85. The van der Waals surface area contributed by atoms with E-state index in [1.165, 1.54) is 11.1 Å². The van der Waals surface area contributed by atoms with E-state index in [9.17, 15) is 0 Å². The minimum Gasteiger partial charge on any atom is -0.489 e. The van der Waals surface area contributed by atoms with Crippen molar-refractivity contribution in [2.75, 3.05) is 0 Å². The molecule has 2 N–H and O–H groups in total. The summed E-state index contributed by atoms with van der Waals surface area (Å²) < 4.78 is 5.95. The number of pyridine rings is 1. The first-order valence-corrected chi connectivity index (χ1v) is 7.13. The van der Waals surface area contributed by atoms with Crippen LogP contribution in [0.4, 0.5) is 0 Å². The van der Waals surface area contributed by atoms with E-state index in [1.54, 1.807) is 12.3 Å². The van der Waals surface area contributed by atoms with Crippen molar-refractivity contribution in [3.8, 4) is 11.8 Å². The van der Waals surface area contributed by atoms with Gasteiger partial charge in [0.2, 0.25) is 0 Å². The third-order valence-corrected chi connectivity index (χ3v) is 3.84. The van der Waals surface area contributed by atoms with Gasteiger partial charge in [-0.25, -0.2) is 4.98 Å². The maximum Gasteiger partial charge on any atom is 0.140 e. The van der Waals surface area contributed by atoms with Crippen molar-refractivity contribution < 1.29 is 4.74 Å². The van der Waals surface area contributed by atoms with Gasteiger partial charge in [-0.2, -0.15) is 5.26 Å². The van der Waals surface area contributed by atoms with Crippen LogP contribution in [0.25, 0.3) is 0 Å². The summed E-state index contributed by atoms with van der Waals surface area (Å²) in [5.74, 6) is 0.901. The van der Waals surface area contributed by atoms with Gasteiger partial charge in [0.15, 0.2) is 0 Å². The van der Waals surface area contributed by atoms with E-state index in [0.717, 1.165) is 30.6 Å². The highest BCUT2D eigenvalue weighted by Gasteiger charge is 2.19. The Hall–Kier alpha value is -2.38. The molecule has 1 aromatic heterocycles. The third-order valence-electron chi connectivity index (χ3n) is 3.84. The second-order valence-corrected chi connectivity index (χ2v) is 5.27. The predicted molar refractivity (Wildman–Crippen MR) is 79.6 cm³/mol. The van der Waals surface area contributed by atoms with Crippen LogP contribution in [0.5, 0.6) is 5.75 Å². The zero-order chi connectivity index (χ0) is 14.7. The van der Waals surface area contributed by atoms with Crippen molar-refractivity contribution in [2.24, 2.45) is 5.73 Å². The minimum absolute atomic E-state index is 0.114. The first-order chi connectivity index (χ1) is 10.3. The normalized spacial score (nSPS) is 16.9. The van der Waals surface area contributed by atoms with E-state index in [-0.39, 0.29) is 6.04 Å². The van der Waals surface area contributed by atoms with Crippen LogP contribution < -0.4 is 10.5 Å². The summed E-state index contributed by atoms with van der Waals surface area (Å²) in [4.78, 5) is 3.96. The lowest BCUT2D eigenvalue weighted by Crippen LogP contribution is -2.18. The number of nitriles is 1. The van der Waals surface area contributed by atoms with Gasteiger partial charge in [-0.1, -0.05) is 12.1 Å². The average molecular weight is 279 g/mol. The minimum atomic E-state index is 0.114. The lowest BCUT2D eigenvalue weighted by molar-refractivity contribution is 0.300. The molecule has 0 spiro atoms. The van der Waals surface area contributed by atoms with Crippen molar-refractivity contribution in [2.45, 2.75) is 31.9 Å². The summed E-state index contributed by atoms with van der Waals surface area (Å²) >= 11 is 0. The Labute approximate surface area is 124 Å². The van der Waals surface area contributed by atoms with Crippen molar-refractivity contribution >= 4 is 0 Å². The van der Waals surface area contributed by atoms with Gasteiger partial charge in [0.1, 0.15) is 24.1 Å². The Morgan fingerprint density at radius 1 is 1.38 bits per heavy atom. The summed E-state index contributed by atoms with van der Waals surface area (Å²) in [5, 5.41) is 8.87. The zero-order valence-electron chi connectivity index (χ0n) is 11.7. The quantitative estimate of drug-likeness (QED) is 0.937. The molecule has 1 unspecified atom stereocenters. The molecule has 21 heavy (non-hydrogen) atoms. The molecule has 1 atom stereocenters. The van der Waals surface area contributed by atoms with Gasteiger partial charge < -0.3 is 10.5 Å². The smallest absolute Gasteiger partial charge is 0.140 e. The summed E-state index contributed by atoms with van der Waals surface area (Å²) in [5.41, 5.74) is 9.94. The lowest BCUT2D eigenvalue weighted by Gasteiger charge is -2.24. The van der Waals surface area contributed by atoms with E-state index in [1.807, 2.05) is 24.3 Å². The Morgan fingerprint density at radius 2 is 2.29 bits per heavy atom. The molecule has 0 amide bonds. The Bertz CT molecular complexity index is 691. The van der Waals surface area contributed by atoms with Crippen molar-refractivity contribution in [1.82, 2.24) is 4.98 Å². The number of nitrogens with two attached hydrogens (primary N) is 1. The molecule has 106 valence electrons. The van der Waals surface area contributed by atoms with Crippen LogP contribution >= 0.6 is 0 Å². The SMILES string of the molecule is N#Cc1cc(COc2cccc3c2CCCC3N)ccn1. The van der Waals surface area contributed by atoms with Crippen LogP contribution in [0.15, 0.2) is 36.5 Å². The first kappa shape index (κ1) is 13.6. The maximum atomic E-state index is 8.87. The van der Waals surface area contributed by atoms with E-state index in [4.69, 9.17) is 15.7 Å². The zero-order valence-corrected chi connectivity index (χ0v) is 11.7. The van der Waals surface area contributed by atoms with Gasteiger partial charge in [0, 0.05) is 12.2 Å². The molecule has 4 nitrogen and oxygen atoms in total. The molecule has 0 saturated carbocycles. The highest BCUT2D eigenvalue weighted by Crippen LogP contribution is 2.34. The molecule has 4 heteroatoms. The van der Waals surface area contributed by atoms with Gasteiger partial charge in [-0.3, -0.25) is 0 Å². The Morgan fingerprint density at radius 3 is 3.14 bits per heavy atom. The molecule has 0 fully saturated rings. The number of aromatic nitrogens is 1. The molecule has 3 rings (SSSR count). The van der Waals surface area contributed by atoms with Crippen molar-refractivity contribution in [3.05, 3.63) is 58.9 Å². The number of hydrogen-bond acceptors (Lipinski definition) is 4. The highest BCUT2D eigenvalue weighted by molar-refractivity contribution is 5.43. The number of benzene rings is 1. The van der Waals surface area contributed by atoms with E-state index >= 15 is 0 Å². The Balaban J connectivity index is 1.79. The fourth-order valence-electron chi connectivity index (χ4n) is 2.77. The molecule has 2 aromatic rings. The van der Waals surface area contributed by atoms with Crippen LogP contribution in [-0.2, 0) is 13.0 Å². The van der Waals surface area contributed by atoms with Gasteiger partial charge in [-0.05, 0) is 54.2 Å². The molecular formula is C17H17N3O. The van der Waals surface area contributed by atoms with Crippen molar-refractivity contribution in [3.63, 3.8) is 0 Å². The fraction of sp³-hybridized carbons (Fsp3) is 0.294. The topological polar surface area (TPSA) is 71.9 Å². The van der Waals surface area contributed by atoms with E-state index < -0.39 is 0 Å². The molecule has 0 radical (unpaired) electrons. The summed E-state index contributed by atoms with van der Waals surface area (Å²) in [7, 11) is 0. The second-order valence-electron chi connectivity index (χ2n) is 5.27. The monoisotopic (exact) mass is 279 g/mol. The molecular weight excluding hydrogens is 262 g/mol. The molecule has 0 aliphatic heterocycles. The van der Waals surface area contributed by atoms with E-state index in [0.29, 0.717) is 12.3 Å². The number of hydrogen-bond donors (Lipinski definition) is 1. The van der Waals surface area contributed by atoms with Crippen LogP contribution in [0.1, 0.15) is 41.3 Å². The summed E-state index contributed by atoms with van der Waals surface area (Å²) in [6.45, 7) is 0.433. The van der Waals surface area contributed by atoms with Crippen LogP contribution in [0.3, 0.4) is 0 Å². The van der Waals surface area contributed by atoms with Crippen LogP contribution in [-0.4, -0.2) is 4.98 Å². The number of ether oxygens (including phenoxy) is 1. The van der Waals surface area contributed by atoms with E-state index in [2.05, 4.69) is 11.1 Å². The van der Waals surface area contributed by atoms with Crippen molar-refractivity contribution in [1.29, 1.82) is 5.26 Å². The standard InChI is InChI=1S/C17H17N3O/c18-10-13-9-12(7-8-20-13)11-21-17-6-2-3-14-15(17)4-1-5-16(14)19/h2-3,6-9,16H,1,4-5,11,19H2. The van der Waals surface area contributed by atoms with Crippen LogP contribution in [0.2, 0.25) is 0 Å². The molecule has 0 bridgehead atoms. The van der Waals surface area contributed by atoms with Crippen LogP contribution in [0, 0.1) is 11.3 Å². The number of rotatable bonds is 3. The first-order valence-electron chi connectivity index (χ1n) is 7.13. The van der Waals surface area contributed by atoms with Gasteiger partial charge in [-0.15, -0.1) is 0 Å². The lowest BCUT2D eigenvalue weighted by atomic mass is 9.87.